The number of benzene rings is 1. The fraction of sp³-hybridized carbons (Fsp3) is 0.625. The maximum atomic E-state index is 12.3. The number of hydrogen-bond acceptors (Lipinski definition) is 2. The molecular formula is C16H24F3NO. The van der Waals surface area contributed by atoms with Crippen molar-refractivity contribution in [2.75, 3.05) is 5.32 Å². The molecule has 0 aliphatic rings. The monoisotopic (exact) mass is 303 g/mol. The Kier molecular flexibility index (Phi) is 7.40. The van der Waals surface area contributed by atoms with Crippen LogP contribution in [0.15, 0.2) is 24.3 Å². The van der Waals surface area contributed by atoms with E-state index in [9.17, 15) is 13.2 Å². The number of halogens is 3. The van der Waals surface area contributed by atoms with E-state index in [0.29, 0.717) is 5.69 Å². The van der Waals surface area contributed by atoms with Crippen LogP contribution in [0.2, 0.25) is 0 Å². The van der Waals surface area contributed by atoms with Gasteiger partial charge in [-0.1, -0.05) is 51.2 Å². The quantitative estimate of drug-likeness (QED) is 0.587. The van der Waals surface area contributed by atoms with E-state index in [2.05, 4.69) is 17.0 Å². The molecule has 0 aliphatic heterocycles. The van der Waals surface area contributed by atoms with Gasteiger partial charge in [-0.2, -0.15) is 0 Å². The van der Waals surface area contributed by atoms with Crippen molar-refractivity contribution in [1.29, 1.82) is 0 Å². The number of unbranched alkanes of at least 4 members (excludes halogenated alkanes) is 4. The lowest BCUT2D eigenvalue weighted by Gasteiger charge is -2.19. The van der Waals surface area contributed by atoms with Gasteiger partial charge in [-0.05, 0) is 25.5 Å². The smallest absolute Gasteiger partial charge is 0.404 e. The van der Waals surface area contributed by atoms with E-state index in [-0.39, 0.29) is 11.8 Å². The number of rotatable bonds is 9. The Morgan fingerprint density at radius 2 is 1.76 bits per heavy atom. The molecule has 0 spiro atoms. The summed E-state index contributed by atoms with van der Waals surface area (Å²) < 4.78 is 41.0. The Bertz CT molecular complexity index is 407. The molecular weight excluding hydrogens is 279 g/mol. The van der Waals surface area contributed by atoms with Crippen LogP contribution in [-0.2, 0) is 0 Å². The summed E-state index contributed by atoms with van der Waals surface area (Å²) in [6.45, 7) is 4.14. The van der Waals surface area contributed by atoms with Gasteiger partial charge in [0.2, 0.25) is 0 Å². The molecule has 1 aromatic carbocycles. The molecule has 120 valence electrons. The molecule has 1 atom stereocenters. The molecule has 0 bridgehead atoms. The predicted molar refractivity (Wildman–Crippen MR) is 79.6 cm³/mol. The third-order valence-electron chi connectivity index (χ3n) is 3.26. The zero-order chi connectivity index (χ0) is 15.7. The highest BCUT2D eigenvalue weighted by atomic mass is 19.4. The van der Waals surface area contributed by atoms with Crippen molar-refractivity contribution in [1.82, 2.24) is 0 Å². The third kappa shape index (κ3) is 7.83. The average Bonchev–Trinajstić information content (AvgIpc) is 2.39. The van der Waals surface area contributed by atoms with Crippen LogP contribution in [0.5, 0.6) is 5.75 Å². The Morgan fingerprint density at radius 3 is 2.43 bits per heavy atom. The molecule has 0 fully saturated rings. The Morgan fingerprint density at radius 1 is 1.10 bits per heavy atom. The summed E-state index contributed by atoms with van der Waals surface area (Å²) in [5.41, 5.74) is 0.385. The summed E-state index contributed by atoms with van der Waals surface area (Å²) in [5, 5.41) is 3.10. The Balaban J connectivity index is 2.46. The van der Waals surface area contributed by atoms with Gasteiger partial charge in [0.1, 0.15) is 0 Å². The molecule has 0 heterocycles. The second kappa shape index (κ2) is 8.80. The largest absolute Gasteiger partial charge is 0.573 e. The zero-order valence-electron chi connectivity index (χ0n) is 12.7. The Labute approximate surface area is 124 Å². The van der Waals surface area contributed by atoms with Crippen LogP contribution < -0.4 is 10.1 Å². The summed E-state index contributed by atoms with van der Waals surface area (Å²) in [4.78, 5) is 0. The summed E-state index contributed by atoms with van der Waals surface area (Å²) in [5.74, 6) is -0.178. The lowest BCUT2D eigenvalue weighted by Crippen LogP contribution is -2.20. The molecule has 0 aliphatic carbocycles. The van der Waals surface area contributed by atoms with Gasteiger partial charge in [0.25, 0.3) is 0 Å². The van der Waals surface area contributed by atoms with E-state index in [4.69, 9.17) is 0 Å². The van der Waals surface area contributed by atoms with Crippen molar-refractivity contribution in [3.8, 4) is 5.75 Å². The van der Waals surface area contributed by atoms with Crippen LogP contribution in [0.4, 0.5) is 18.9 Å². The molecule has 1 unspecified atom stereocenters. The van der Waals surface area contributed by atoms with Gasteiger partial charge in [0.05, 0.1) is 5.69 Å². The van der Waals surface area contributed by atoms with Crippen LogP contribution in [0, 0.1) is 0 Å². The van der Waals surface area contributed by atoms with Crippen LogP contribution in [0.25, 0.3) is 0 Å². The van der Waals surface area contributed by atoms with Crippen molar-refractivity contribution >= 4 is 5.69 Å². The number of ether oxygens (including phenoxy) is 1. The van der Waals surface area contributed by atoms with Gasteiger partial charge in [0, 0.05) is 6.04 Å². The van der Waals surface area contributed by atoms with Crippen molar-refractivity contribution in [3.05, 3.63) is 24.3 Å². The molecule has 0 saturated carbocycles. The van der Waals surface area contributed by atoms with E-state index in [1.54, 1.807) is 12.1 Å². The van der Waals surface area contributed by atoms with E-state index in [0.717, 1.165) is 12.8 Å². The molecule has 5 heteroatoms. The summed E-state index contributed by atoms with van der Waals surface area (Å²) in [6.07, 6.45) is 2.18. The summed E-state index contributed by atoms with van der Waals surface area (Å²) >= 11 is 0. The van der Waals surface area contributed by atoms with Gasteiger partial charge >= 0.3 is 6.36 Å². The number of para-hydroxylation sites is 2. The van der Waals surface area contributed by atoms with Crippen LogP contribution in [0.1, 0.15) is 52.4 Å². The maximum absolute atomic E-state index is 12.3. The molecule has 0 aromatic heterocycles. The summed E-state index contributed by atoms with van der Waals surface area (Å²) in [7, 11) is 0. The fourth-order valence-corrected chi connectivity index (χ4v) is 2.19. The normalized spacial score (nSPS) is 13.0. The molecule has 21 heavy (non-hydrogen) atoms. The van der Waals surface area contributed by atoms with Gasteiger partial charge in [-0.3, -0.25) is 0 Å². The minimum atomic E-state index is -4.67. The first-order valence-corrected chi connectivity index (χ1v) is 7.53. The van der Waals surface area contributed by atoms with E-state index >= 15 is 0 Å². The first-order valence-electron chi connectivity index (χ1n) is 7.53. The number of anilines is 1. The first-order chi connectivity index (χ1) is 9.92. The van der Waals surface area contributed by atoms with Crippen molar-refractivity contribution < 1.29 is 17.9 Å². The zero-order valence-corrected chi connectivity index (χ0v) is 12.7. The topological polar surface area (TPSA) is 21.3 Å². The number of alkyl halides is 3. The molecule has 1 rings (SSSR count). The fourth-order valence-electron chi connectivity index (χ4n) is 2.19. The molecule has 0 saturated heterocycles. The minimum absolute atomic E-state index is 0.115. The number of nitrogens with one attached hydrogen (secondary N) is 1. The minimum Gasteiger partial charge on any atom is -0.404 e. The summed E-state index contributed by atoms with van der Waals surface area (Å²) in [6, 6.07) is 6.27. The second-order valence-electron chi connectivity index (χ2n) is 5.29. The highest BCUT2D eigenvalue weighted by molar-refractivity contribution is 5.56. The highest BCUT2D eigenvalue weighted by Crippen LogP contribution is 2.30. The second-order valence-corrected chi connectivity index (χ2v) is 5.29. The van der Waals surface area contributed by atoms with Crippen molar-refractivity contribution in [3.63, 3.8) is 0 Å². The Hall–Kier alpha value is -1.39. The van der Waals surface area contributed by atoms with E-state index in [1.807, 2.05) is 6.92 Å². The first kappa shape index (κ1) is 17.7. The van der Waals surface area contributed by atoms with Gasteiger partial charge < -0.3 is 10.1 Å². The highest BCUT2D eigenvalue weighted by Gasteiger charge is 2.32. The van der Waals surface area contributed by atoms with Crippen LogP contribution in [0.3, 0.4) is 0 Å². The lowest BCUT2D eigenvalue weighted by atomic mass is 10.1. The molecule has 2 nitrogen and oxygen atoms in total. The van der Waals surface area contributed by atoms with Crippen molar-refractivity contribution in [2.24, 2.45) is 0 Å². The van der Waals surface area contributed by atoms with E-state index < -0.39 is 6.36 Å². The molecule has 1 aromatic rings. The molecule has 0 radical (unpaired) electrons. The standard InChI is InChI=1S/C16H24F3NO/c1-3-4-5-6-7-10-13(2)20-14-11-8-9-12-15(14)21-16(17,18)19/h8-9,11-13,20H,3-7,10H2,1-2H3. The van der Waals surface area contributed by atoms with Gasteiger partial charge in [-0.15, -0.1) is 13.2 Å². The third-order valence-corrected chi connectivity index (χ3v) is 3.26. The lowest BCUT2D eigenvalue weighted by molar-refractivity contribution is -0.274. The predicted octanol–water partition coefficient (Wildman–Crippen LogP) is 5.75. The molecule has 0 amide bonds. The van der Waals surface area contributed by atoms with E-state index in [1.165, 1.54) is 37.8 Å². The maximum Gasteiger partial charge on any atom is 0.573 e. The van der Waals surface area contributed by atoms with Crippen molar-refractivity contribution in [2.45, 2.75) is 64.8 Å². The van der Waals surface area contributed by atoms with Crippen LogP contribution >= 0.6 is 0 Å². The SMILES string of the molecule is CCCCCCCC(C)Nc1ccccc1OC(F)(F)F. The molecule has 1 N–H and O–H groups in total. The number of hydrogen-bond donors (Lipinski definition) is 1. The average molecular weight is 303 g/mol. The van der Waals surface area contributed by atoms with Gasteiger partial charge in [0.15, 0.2) is 5.75 Å². The van der Waals surface area contributed by atoms with Crippen LogP contribution in [-0.4, -0.2) is 12.4 Å². The van der Waals surface area contributed by atoms with Gasteiger partial charge in [-0.25, -0.2) is 0 Å².